The maximum absolute atomic E-state index is 12.5. The van der Waals surface area contributed by atoms with Crippen LogP contribution in [0.15, 0.2) is 59.5 Å². The van der Waals surface area contributed by atoms with Crippen molar-refractivity contribution in [2.75, 3.05) is 4.72 Å². The van der Waals surface area contributed by atoms with Gasteiger partial charge in [0, 0.05) is 22.6 Å². The number of hydrogen-bond donors (Lipinski definition) is 1. The highest BCUT2D eigenvalue weighted by Crippen LogP contribution is 2.32. The Hall–Kier alpha value is -2.78. The first-order valence-corrected chi connectivity index (χ1v) is 10.0. The predicted octanol–water partition coefficient (Wildman–Crippen LogP) is 4.08. The van der Waals surface area contributed by atoms with Crippen LogP contribution in [0.4, 0.5) is 10.8 Å². The number of nitrogens with one attached hydrogen (secondary N) is 1. The summed E-state index contributed by atoms with van der Waals surface area (Å²) in [5, 5.41) is 11.0. The van der Waals surface area contributed by atoms with Gasteiger partial charge in [0.2, 0.25) is 0 Å². The molecule has 26 heavy (non-hydrogen) atoms. The number of sulfonamides is 1. The van der Waals surface area contributed by atoms with Crippen LogP contribution >= 0.6 is 11.3 Å². The van der Waals surface area contributed by atoms with Gasteiger partial charge in [-0.1, -0.05) is 37.3 Å². The summed E-state index contributed by atoms with van der Waals surface area (Å²) in [5.74, 6) is 0. The average Bonchev–Trinajstić information content (AvgIpc) is 3.04. The predicted molar refractivity (Wildman–Crippen MR) is 101 cm³/mol. The summed E-state index contributed by atoms with van der Waals surface area (Å²) in [4.78, 5) is 15.5. The van der Waals surface area contributed by atoms with Crippen molar-refractivity contribution >= 4 is 32.2 Å². The number of nitro benzene ring substituents is 1. The van der Waals surface area contributed by atoms with Gasteiger partial charge in [-0.25, -0.2) is 13.4 Å². The molecule has 3 rings (SSSR count). The van der Waals surface area contributed by atoms with Crippen molar-refractivity contribution in [2.45, 2.75) is 18.2 Å². The van der Waals surface area contributed by atoms with Crippen molar-refractivity contribution in [3.63, 3.8) is 0 Å². The zero-order valence-electron chi connectivity index (χ0n) is 13.7. The van der Waals surface area contributed by atoms with Gasteiger partial charge in [0.25, 0.3) is 15.7 Å². The molecule has 0 bridgehead atoms. The number of aromatic nitrogens is 1. The SMILES string of the molecule is CCc1sc(NS(=O)(=O)c2ccc([N+](=O)[O-])cc2)nc1-c1ccccc1. The molecule has 0 amide bonds. The van der Waals surface area contributed by atoms with Gasteiger partial charge in [-0.15, -0.1) is 11.3 Å². The largest absolute Gasteiger partial charge is 0.269 e. The van der Waals surface area contributed by atoms with E-state index in [4.69, 9.17) is 0 Å². The van der Waals surface area contributed by atoms with E-state index in [0.29, 0.717) is 0 Å². The summed E-state index contributed by atoms with van der Waals surface area (Å²) < 4.78 is 27.5. The molecule has 3 aromatic rings. The van der Waals surface area contributed by atoms with Crippen molar-refractivity contribution in [2.24, 2.45) is 0 Å². The van der Waals surface area contributed by atoms with Gasteiger partial charge in [0.1, 0.15) is 0 Å². The topological polar surface area (TPSA) is 102 Å². The van der Waals surface area contributed by atoms with Crippen LogP contribution in [0.1, 0.15) is 11.8 Å². The van der Waals surface area contributed by atoms with E-state index in [1.165, 1.54) is 23.5 Å². The van der Waals surface area contributed by atoms with E-state index in [-0.39, 0.29) is 15.7 Å². The second-order valence-electron chi connectivity index (χ2n) is 5.37. The second kappa shape index (κ2) is 7.22. The quantitative estimate of drug-likeness (QED) is 0.505. The molecule has 1 aromatic heterocycles. The van der Waals surface area contributed by atoms with Gasteiger partial charge in [-0.2, -0.15) is 0 Å². The molecule has 0 saturated carbocycles. The summed E-state index contributed by atoms with van der Waals surface area (Å²) in [6, 6.07) is 14.3. The fraction of sp³-hybridized carbons (Fsp3) is 0.118. The molecule has 0 radical (unpaired) electrons. The monoisotopic (exact) mass is 389 g/mol. The molecular weight excluding hydrogens is 374 g/mol. The van der Waals surface area contributed by atoms with Gasteiger partial charge >= 0.3 is 0 Å². The number of thiazole rings is 1. The van der Waals surface area contributed by atoms with Crippen LogP contribution < -0.4 is 4.72 Å². The molecule has 0 atom stereocenters. The molecule has 134 valence electrons. The first-order valence-electron chi connectivity index (χ1n) is 7.73. The van der Waals surface area contributed by atoms with Crippen LogP contribution in [0, 0.1) is 10.1 Å². The van der Waals surface area contributed by atoms with Crippen molar-refractivity contribution in [3.8, 4) is 11.3 Å². The van der Waals surface area contributed by atoms with Crippen molar-refractivity contribution in [1.29, 1.82) is 0 Å². The molecule has 1 heterocycles. The highest BCUT2D eigenvalue weighted by atomic mass is 32.2. The summed E-state index contributed by atoms with van der Waals surface area (Å²) in [6.45, 7) is 1.98. The summed E-state index contributed by atoms with van der Waals surface area (Å²) in [5.41, 5.74) is 1.50. The number of nitro groups is 1. The van der Waals surface area contributed by atoms with Gasteiger partial charge in [0.15, 0.2) is 5.13 Å². The van der Waals surface area contributed by atoms with Crippen molar-refractivity contribution in [3.05, 3.63) is 69.6 Å². The lowest BCUT2D eigenvalue weighted by atomic mass is 10.1. The molecule has 9 heteroatoms. The zero-order valence-corrected chi connectivity index (χ0v) is 15.4. The lowest BCUT2D eigenvalue weighted by Gasteiger charge is -2.04. The van der Waals surface area contributed by atoms with Crippen LogP contribution in [0.25, 0.3) is 11.3 Å². The Morgan fingerprint density at radius 3 is 2.35 bits per heavy atom. The number of benzene rings is 2. The van der Waals surface area contributed by atoms with E-state index in [9.17, 15) is 18.5 Å². The Kier molecular flexibility index (Phi) is 5.01. The van der Waals surface area contributed by atoms with E-state index in [1.807, 2.05) is 37.3 Å². The Morgan fingerprint density at radius 1 is 1.12 bits per heavy atom. The van der Waals surface area contributed by atoms with Crippen LogP contribution in [-0.2, 0) is 16.4 Å². The smallest absolute Gasteiger partial charge is 0.258 e. The number of nitrogens with zero attached hydrogens (tertiary/aromatic N) is 2. The maximum atomic E-state index is 12.5. The highest BCUT2D eigenvalue weighted by Gasteiger charge is 2.19. The fourth-order valence-corrected chi connectivity index (χ4v) is 4.54. The Bertz CT molecular complexity index is 1030. The Morgan fingerprint density at radius 2 is 1.77 bits per heavy atom. The minimum Gasteiger partial charge on any atom is -0.258 e. The van der Waals surface area contributed by atoms with Gasteiger partial charge in [-0.3, -0.25) is 14.8 Å². The first kappa shape index (κ1) is 18.0. The van der Waals surface area contributed by atoms with E-state index < -0.39 is 14.9 Å². The van der Waals surface area contributed by atoms with Gasteiger partial charge in [-0.05, 0) is 18.6 Å². The summed E-state index contributed by atoms with van der Waals surface area (Å²) in [7, 11) is -3.87. The fourth-order valence-electron chi connectivity index (χ4n) is 2.38. The maximum Gasteiger partial charge on any atom is 0.269 e. The third-order valence-corrected chi connectivity index (χ3v) is 6.24. The number of hydrogen-bond acceptors (Lipinski definition) is 6. The average molecular weight is 389 g/mol. The van der Waals surface area contributed by atoms with E-state index >= 15 is 0 Å². The molecule has 0 unspecified atom stereocenters. The Balaban J connectivity index is 1.90. The van der Waals surface area contributed by atoms with Crippen LogP contribution in [0.5, 0.6) is 0 Å². The number of aryl methyl sites for hydroxylation is 1. The standard InChI is InChI=1S/C17H15N3O4S2/c1-2-15-16(12-6-4-3-5-7-12)18-17(25-15)19-26(23,24)14-10-8-13(9-11-14)20(21)22/h3-11H,2H2,1H3,(H,18,19). The molecule has 0 aliphatic carbocycles. The van der Waals surface area contributed by atoms with E-state index in [0.717, 1.165) is 34.7 Å². The molecule has 1 N–H and O–H groups in total. The zero-order chi connectivity index (χ0) is 18.7. The van der Waals surface area contributed by atoms with Gasteiger partial charge in [0.05, 0.1) is 15.5 Å². The summed E-state index contributed by atoms with van der Waals surface area (Å²) in [6.07, 6.45) is 0.723. The number of rotatable bonds is 6. The highest BCUT2D eigenvalue weighted by molar-refractivity contribution is 7.93. The lowest BCUT2D eigenvalue weighted by Crippen LogP contribution is -2.12. The van der Waals surface area contributed by atoms with Crippen molar-refractivity contribution in [1.82, 2.24) is 4.98 Å². The number of anilines is 1. The molecule has 0 aliphatic heterocycles. The third-order valence-electron chi connectivity index (χ3n) is 3.65. The van der Waals surface area contributed by atoms with Crippen molar-refractivity contribution < 1.29 is 13.3 Å². The molecular formula is C17H15N3O4S2. The molecule has 0 saturated heterocycles. The lowest BCUT2D eigenvalue weighted by molar-refractivity contribution is -0.384. The second-order valence-corrected chi connectivity index (χ2v) is 8.13. The van der Waals surface area contributed by atoms with Crippen LogP contribution in [-0.4, -0.2) is 18.3 Å². The van der Waals surface area contributed by atoms with E-state index in [1.54, 1.807) is 0 Å². The first-order chi connectivity index (χ1) is 12.4. The van der Waals surface area contributed by atoms with E-state index in [2.05, 4.69) is 9.71 Å². The van der Waals surface area contributed by atoms with Crippen LogP contribution in [0.2, 0.25) is 0 Å². The molecule has 7 nitrogen and oxygen atoms in total. The minimum atomic E-state index is -3.87. The molecule has 0 fully saturated rings. The minimum absolute atomic E-state index is 0.0578. The normalized spacial score (nSPS) is 11.3. The summed E-state index contributed by atoms with van der Waals surface area (Å²) >= 11 is 1.27. The molecule has 2 aromatic carbocycles. The third kappa shape index (κ3) is 3.73. The Labute approximate surface area is 154 Å². The number of non-ortho nitro benzene ring substituents is 1. The molecule has 0 spiro atoms. The molecule has 0 aliphatic rings. The van der Waals surface area contributed by atoms with Crippen LogP contribution in [0.3, 0.4) is 0 Å². The van der Waals surface area contributed by atoms with Gasteiger partial charge < -0.3 is 0 Å².